The van der Waals surface area contributed by atoms with Gasteiger partial charge in [0.1, 0.15) is 0 Å². The minimum absolute atomic E-state index is 0.185. The number of aliphatic hydroxyl groups excluding tert-OH is 1. The Bertz CT molecular complexity index is 540. The fourth-order valence-corrected chi connectivity index (χ4v) is 3.73. The van der Waals surface area contributed by atoms with E-state index in [0.717, 1.165) is 64.1 Å². The standard InChI is InChI=1S/C17H28N4O3/c1-2-15-18-16(24-19-15)7-4-8-17(23)21-11-9-20(10-12-21)13-5-3-6-14(13)22/h13-14,22H,2-12H2,1H3/t13-,14-/m0/s1. The van der Waals surface area contributed by atoms with Gasteiger partial charge in [-0.15, -0.1) is 0 Å². The van der Waals surface area contributed by atoms with Crippen molar-refractivity contribution in [2.75, 3.05) is 26.2 Å². The Morgan fingerprint density at radius 3 is 2.71 bits per heavy atom. The first-order valence-electron chi connectivity index (χ1n) is 9.18. The fourth-order valence-electron chi connectivity index (χ4n) is 3.73. The molecule has 24 heavy (non-hydrogen) atoms. The van der Waals surface area contributed by atoms with E-state index in [1.807, 2.05) is 11.8 Å². The summed E-state index contributed by atoms with van der Waals surface area (Å²) in [4.78, 5) is 20.9. The van der Waals surface area contributed by atoms with Crippen LogP contribution in [0.25, 0.3) is 0 Å². The largest absolute Gasteiger partial charge is 0.391 e. The van der Waals surface area contributed by atoms with E-state index in [1.54, 1.807) is 0 Å². The van der Waals surface area contributed by atoms with Crippen LogP contribution in [0.4, 0.5) is 0 Å². The lowest BCUT2D eigenvalue weighted by atomic mass is 10.1. The maximum atomic E-state index is 12.3. The number of aliphatic hydroxyl groups is 1. The van der Waals surface area contributed by atoms with Crippen LogP contribution in [0.1, 0.15) is 50.7 Å². The van der Waals surface area contributed by atoms with Crippen LogP contribution in [0, 0.1) is 0 Å². The lowest BCUT2D eigenvalue weighted by Crippen LogP contribution is -2.53. The van der Waals surface area contributed by atoms with Gasteiger partial charge in [0.2, 0.25) is 11.8 Å². The van der Waals surface area contributed by atoms with Crippen molar-refractivity contribution >= 4 is 5.91 Å². The summed E-state index contributed by atoms with van der Waals surface area (Å²) in [6, 6.07) is 0.299. The van der Waals surface area contributed by atoms with Gasteiger partial charge < -0.3 is 14.5 Å². The van der Waals surface area contributed by atoms with E-state index in [1.165, 1.54) is 0 Å². The smallest absolute Gasteiger partial charge is 0.226 e. The molecule has 1 saturated carbocycles. The van der Waals surface area contributed by atoms with Crippen LogP contribution >= 0.6 is 0 Å². The predicted molar refractivity (Wildman–Crippen MR) is 88.4 cm³/mol. The molecular weight excluding hydrogens is 308 g/mol. The second kappa shape index (κ2) is 8.07. The molecule has 3 rings (SSSR count). The number of rotatable bonds is 6. The van der Waals surface area contributed by atoms with E-state index in [0.29, 0.717) is 24.8 Å². The van der Waals surface area contributed by atoms with Crippen molar-refractivity contribution in [3.05, 3.63) is 11.7 Å². The molecule has 1 aromatic heterocycles. The van der Waals surface area contributed by atoms with Crippen molar-refractivity contribution in [3.63, 3.8) is 0 Å². The average Bonchev–Trinajstić information content (AvgIpc) is 3.23. The lowest BCUT2D eigenvalue weighted by molar-refractivity contribution is -0.133. The maximum absolute atomic E-state index is 12.3. The monoisotopic (exact) mass is 336 g/mol. The van der Waals surface area contributed by atoms with Gasteiger partial charge in [-0.25, -0.2) is 0 Å². The van der Waals surface area contributed by atoms with Gasteiger partial charge >= 0.3 is 0 Å². The Labute approximate surface area is 143 Å². The fraction of sp³-hybridized carbons (Fsp3) is 0.824. The van der Waals surface area contributed by atoms with Crippen LogP contribution < -0.4 is 0 Å². The molecule has 1 amide bonds. The molecule has 0 radical (unpaired) electrons. The molecule has 2 aliphatic rings. The molecule has 1 saturated heterocycles. The summed E-state index contributed by atoms with van der Waals surface area (Å²) in [6.07, 6.45) is 5.62. The average molecular weight is 336 g/mol. The van der Waals surface area contributed by atoms with Crippen LogP contribution in [0.5, 0.6) is 0 Å². The quantitative estimate of drug-likeness (QED) is 0.835. The van der Waals surface area contributed by atoms with Gasteiger partial charge in [-0.2, -0.15) is 4.98 Å². The summed E-state index contributed by atoms with van der Waals surface area (Å²) in [6.45, 7) is 5.27. The second-order valence-electron chi connectivity index (χ2n) is 6.79. The van der Waals surface area contributed by atoms with Gasteiger partial charge in [-0.3, -0.25) is 9.69 Å². The summed E-state index contributed by atoms with van der Waals surface area (Å²) in [5, 5.41) is 13.9. The molecule has 0 unspecified atom stereocenters. The summed E-state index contributed by atoms with van der Waals surface area (Å²) in [5.41, 5.74) is 0. The summed E-state index contributed by atoms with van der Waals surface area (Å²) >= 11 is 0. The van der Waals surface area contributed by atoms with Gasteiger partial charge in [0.15, 0.2) is 5.82 Å². The van der Waals surface area contributed by atoms with Crippen molar-refractivity contribution < 1.29 is 14.4 Å². The summed E-state index contributed by atoms with van der Waals surface area (Å²) in [7, 11) is 0. The first-order chi connectivity index (χ1) is 11.7. The molecule has 2 fully saturated rings. The Balaban J connectivity index is 1.37. The number of hydrogen-bond donors (Lipinski definition) is 1. The molecule has 7 nitrogen and oxygen atoms in total. The van der Waals surface area contributed by atoms with E-state index in [-0.39, 0.29) is 12.0 Å². The van der Waals surface area contributed by atoms with Crippen molar-refractivity contribution in [1.29, 1.82) is 0 Å². The molecule has 1 N–H and O–H groups in total. The topological polar surface area (TPSA) is 82.7 Å². The minimum Gasteiger partial charge on any atom is -0.391 e. The Kier molecular flexibility index (Phi) is 5.84. The van der Waals surface area contributed by atoms with Gasteiger partial charge in [-0.1, -0.05) is 12.1 Å². The normalized spacial score (nSPS) is 25.3. The van der Waals surface area contributed by atoms with Crippen LogP contribution in [0.2, 0.25) is 0 Å². The lowest BCUT2D eigenvalue weighted by Gasteiger charge is -2.39. The third-order valence-electron chi connectivity index (χ3n) is 5.19. The predicted octanol–water partition coefficient (Wildman–Crippen LogP) is 1.01. The van der Waals surface area contributed by atoms with E-state index < -0.39 is 0 Å². The highest BCUT2D eigenvalue weighted by Crippen LogP contribution is 2.25. The minimum atomic E-state index is -0.185. The molecule has 1 aliphatic carbocycles. The van der Waals surface area contributed by atoms with Crippen molar-refractivity contribution in [3.8, 4) is 0 Å². The molecule has 134 valence electrons. The molecule has 2 heterocycles. The highest BCUT2D eigenvalue weighted by atomic mass is 16.5. The Morgan fingerprint density at radius 1 is 1.29 bits per heavy atom. The van der Waals surface area contributed by atoms with Crippen molar-refractivity contribution in [2.45, 2.75) is 64.0 Å². The van der Waals surface area contributed by atoms with Gasteiger partial charge in [0.05, 0.1) is 6.10 Å². The molecule has 7 heteroatoms. The number of piperazine rings is 1. The summed E-state index contributed by atoms with van der Waals surface area (Å²) in [5.74, 6) is 1.55. The molecule has 2 atom stereocenters. The maximum Gasteiger partial charge on any atom is 0.226 e. The molecular formula is C17H28N4O3. The Morgan fingerprint density at radius 2 is 2.08 bits per heavy atom. The number of carbonyl (C=O) groups is 1. The zero-order valence-corrected chi connectivity index (χ0v) is 14.5. The molecule has 0 spiro atoms. The Hall–Kier alpha value is -1.47. The van der Waals surface area contributed by atoms with Crippen molar-refractivity contribution in [1.82, 2.24) is 19.9 Å². The highest BCUT2D eigenvalue weighted by Gasteiger charge is 2.33. The van der Waals surface area contributed by atoms with E-state index in [4.69, 9.17) is 4.52 Å². The first-order valence-corrected chi connectivity index (χ1v) is 9.18. The second-order valence-corrected chi connectivity index (χ2v) is 6.79. The molecule has 1 aromatic rings. The van der Waals surface area contributed by atoms with Crippen molar-refractivity contribution in [2.24, 2.45) is 0 Å². The van der Waals surface area contributed by atoms with Crippen LogP contribution in [-0.2, 0) is 17.6 Å². The highest BCUT2D eigenvalue weighted by molar-refractivity contribution is 5.76. The zero-order chi connectivity index (χ0) is 16.9. The zero-order valence-electron chi connectivity index (χ0n) is 14.5. The number of nitrogens with zero attached hydrogens (tertiary/aromatic N) is 4. The van der Waals surface area contributed by atoms with E-state index in [2.05, 4.69) is 15.0 Å². The number of aromatic nitrogens is 2. The molecule has 0 bridgehead atoms. The third-order valence-corrected chi connectivity index (χ3v) is 5.19. The number of aryl methyl sites for hydroxylation is 2. The van der Waals surface area contributed by atoms with Crippen LogP contribution in [0.3, 0.4) is 0 Å². The van der Waals surface area contributed by atoms with Crippen LogP contribution in [0.15, 0.2) is 4.52 Å². The number of carbonyl (C=O) groups excluding carboxylic acids is 1. The third kappa shape index (κ3) is 4.13. The first kappa shape index (κ1) is 17.4. The van der Waals surface area contributed by atoms with E-state index in [9.17, 15) is 9.90 Å². The van der Waals surface area contributed by atoms with E-state index >= 15 is 0 Å². The number of amides is 1. The number of hydrogen-bond acceptors (Lipinski definition) is 6. The van der Waals surface area contributed by atoms with Gasteiger partial charge in [-0.05, 0) is 25.7 Å². The van der Waals surface area contributed by atoms with Gasteiger partial charge in [0, 0.05) is 51.5 Å². The summed E-state index contributed by atoms with van der Waals surface area (Å²) < 4.78 is 5.15. The van der Waals surface area contributed by atoms with Gasteiger partial charge in [0.25, 0.3) is 0 Å². The molecule has 1 aliphatic heterocycles. The SMILES string of the molecule is CCc1noc(CCCC(=O)N2CCN([C@H]3CCC[C@@H]3O)CC2)n1. The molecule has 0 aromatic carbocycles. The van der Waals surface area contributed by atoms with Crippen LogP contribution in [-0.4, -0.2) is 69.3 Å².